The lowest BCUT2D eigenvalue weighted by Crippen LogP contribution is -2.48. The number of hydrogen-bond acceptors (Lipinski definition) is 4. The molecule has 3 aromatic carbocycles. The van der Waals surface area contributed by atoms with Gasteiger partial charge in [0.2, 0.25) is 0 Å². The first kappa shape index (κ1) is 22.1. The number of anilines is 1. The van der Waals surface area contributed by atoms with E-state index in [1.807, 2.05) is 12.4 Å². The van der Waals surface area contributed by atoms with Gasteiger partial charge in [-0.15, -0.1) is 0 Å². The average molecular weight is 454 g/mol. The lowest BCUT2D eigenvalue weighted by atomic mass is 9.94. The van der Waals surface area contributed by atoms with Gasteiger partial charge in [0.1, 0.15) is 11.6 Å². The van der Waals surface area contributed by atoms with E-state index in [0.29, 0.717) is 5.75 Å². The number of pyridine rings is 1. The van der Waals surface area contributed by atoms with Gasteiger partial charge in [-0.25, -0.2) is 4.39 Å². The first-order valence-corrected chi connectivity index (χ1v) is 11.6. The standard InChI is InChI=1S/C29H28FN3O/c1-34-28-21-25(30)11-12-27(28)22-7-9-23(10-8-22)29(24-13-15-31-16-14-24)33-19-17-32(18-20-33)26-5-3-2-4-6-26/h2-16,21,29H,17-20H2,1H3/t29-/m1/s1. The fourth-order valence-electron chi connectivity index (χ4n) is 4.79. The molecule has 0 aliphatic carbocycles. The molecule has 0 radical (unpaired) electrons. The summed E-state index contributed by atoms with van der Waals surface area (Å²) in [6, 6.07) is 28.2. The number of aromatic nitrogens is 1. The van der Waals surface area contributed by atoms with Crippen LogP contribution in [-0.2, 0) is 0 Å². The van der Waals surface area contributed by atoms with Crippen molar-refractivity contribution >= 4 is 5.69 Å². The molecule has 0 bridgehead atoms. The molecule has 4 aromatic rings. The summed E-state index contributed by atoms with van der Waals surface area (Å²) in [7, 11) is 1.57. The van der Waals surface area contributed by atoms with Crippen molar-refractivity contribution in [2.24, 2.45) is 0 Å². The molecule has 5 rings (SSSR count). The highest BCUT2D eigenvalue weighted by molar-refractivity contribution is 5.70. The normalized spacial score (nSPS) is 15.2. The number of para-hydroxylation sites is 1. The minimum atomic E-state index is -0.301. The highest BCUT2D eigenvalue weighted by Crippen LogP contribution is 2.34. The van der Waals surface area contributed by atoms with Crippen LogP contribution < -0.4 is 9.64 Å². The summed E-state index contributed by atoms with van der Waals surface area (Å²) in [5, 5.41) is 0. The predicted octanol–water partition coefficient (Wildman–Crippen LogP) is 5.81. The van der Waals surface area contributed by atoms with Crippen LogP contribution in [0.3, 0.4) is 0 Å². The van der Waals surface area contributed by atoms with Crippen molar-refractivity contribution in [1.29, 1.82) is 0 Å². The molecule has 1 aromatic heterocycles. The zero-order valence-electron chi connectivity index (χ0n) is 19.3. The van der Waals surface area contributed by atoms with Crippen LogP contribution in [-0.4, -0.2) is 43.2 Å². The number of nitrogens with zero attached hydrogens (tertiary/aromatic N) is 3. The van der Waals surface area contributed by atoms with Crippen molar-refractivity contribution in [3.05, 3.63) is 114 Å². The molecule has 0 amide bonds. The molecule has 0 spiro atoms. The third-order valence-electron chi connectivity index (χ3n) is 6.52. The summed E-state index contributed by atoms with van der Waals surface area (Å²) in [6.07, 6.45) is 3.72. The van der Waals surface area contributed by atoms with Gasteiger partial charge in [0, 0.05) is 55.9 Å². The molecular formula is C29H28FN3O. The topological polar surface area (TPSA) is 28.6 Å². The maximum Gasteiger partial charge on any atom is 0.129 e. The van der Waals surface area contributed by atoms with Crippen LogP contribution in [0.5, 0.6) is 5.75 Å². The van der Waals surface area contributed by atoms with E-state index in [1.165, 1.54) is 28.9 Å². The molecule has 172 valence electrons. The van der Waals surface area contributed by atoms with E-state index >= 15 is 0 Å². The van der Waals surface area contributed by atoms with E-state index in [4.69, 9.17) is 4.74 Å². The molecule has 0 saturated carbocycles. The van der Waals surface area contributed by atoms with Crippen molar-refractivity contribution in [3.63, 3.8) is 0 Å². The average Bonchev–Trinajstić information content (AvgIpc) is 2.91. The summed E-state index contributed by atoms with van der Waals surface area (Å²) in [5.41, 5.74) is 5.62. The number of hydrogen-bond donors (Lipinski definition) is 0. The number of benzene rings is 3. The van der Waals surface area contributed by atoms with Crippen molar-refractivity contribution in [1.82, 2.24) is 9.88 Å². The van der Waals surface area contributed by atoms with Crippen LogP contribution in [0.1, 0.15) is 17.2 Å². The molecule has 1 aliphatic rings. The third-order valence-corrected chi connectivity index (χ3v) is 6.52. The number of piperazine rings is 1. The predicted molar refractivity (Wildman–Crippen MR) is 135 cm³/mol. The fourth-order valence-corrected chi connectivity index (χ4v) is 4.79. The van der Waals surface area contributed by atoms with Crippen LogP contribution in [0.2, 0.25) is 0 Å². The highest BCUT2D eigenvalue weighted by atomic mass is 19.1. The van der Waals surface area contributed by atoms with E-state index in [2.05, 4.69) is 81.5 Å². The monoisotopic (exact) mass is 453 g/mol. The van der Waals surface area contributed by atoms with Crippen LogP contribution in [0.4, 0.5) is 10.1 Å². The van der Waals surface area contributed by atoms with Gasteiger partial charge in [-0.3, -0.25) is 9.88 Å². The summed E-state index contributed by atoms with van der Waals surface area (Å²) >= 11 is 0. The highest BCUT2D eigenvalue weighted by Gasteiger charge is 2.26. The zero-order chi connectivity index (χ0) is 23.3. The number of ether oxygens (including phenoxy) is 1. The molecule has 0 unspecified atom stereocenters. The maximum absolute atomic E-state index is 13.7. The Morgan fingerprint density at radius 3 is 2.15 bits per heavy atom. The Kier molecular flexibility index (Phi) is 6.54. The van der Waals surface area contributed by atoms with Crippen LogP contribution in [0.25, 0.3) is 11.1 Å². The fraction of sp³-hybridized carbons (Fsp3) is 0.207. The van der Waals surface area contributed by atoms with E-state index in [-0.39, 0.29) is 11.9 Å². The summed E-state index contributed by atoms with van der Waals surface area (Å²) in [4.78, 5) is 9.22. The lowest BCUT2D eigenvalue weighted by Gasteiger charge is -2.40. The van der Waals surface area contributed by atoms with Gasteiger partial charge in [0.05, 0.1) is 13.2 Å². The first-order chi connectivity index (χ1) is 16.7. The smallest absolute Gasteiger partial charge is 0.129 e. The Morgan fingerprint density at radius 1 is 0.794 bits per heavy atom. The summed E-state index contributed by atoms with van der Waals surface area (Å²) in [5.74, 6) is 0.236. The minimum Gasteiger partial charge on any atom is -0.496 e. The minimum absolute atomic E-state index is 0.144. The van der Waals surface area contributed by atoms with Crippen LogP contribution in [0, 0.1) is 5.82 Å². The van der Waals surface area contributed by atoms with Crippen LogP contribution >= 0.6 is 0 Å². The molecule has 1 fully saturated rings. The third kappa shape index (κ3) is 4.66. The second kappa shape index (κ2) is 10.1. The number of methoxy groups -OCH3 is 1. The van der Waals surface area contributed by atoms with Gasteiger partial charge in [0.15, 0.2) is 0 Å². The summed E-state index contributed by atoms with van der Waals surface area (Å²) < 4.78 is 19.1. The van der Waals surface area contributed by atoms with Crippen molar-refractivity contribution in [3.8, 4) is 16.9 Å². The second-order valence-corrected chi connectivity index (χ2v) is 8.51. The maximum atomic E-state index is 13.7. The Hall–Kier alpha value is -3.70. The van der Waals surface area contributed by atoms with E-state index in [9.17, 15) is 4.39 Å². The Morgan fingerprint density at radius 2 is 1.47 bits per heavy atom. The quantitative estimate of drug-likeness (QED) is 0.369. The first-order valence-electron chi connectivity index (χ1n) is 11.6. The van der Waals surface area contributed by atoms with Gasteiger partial charge >= 0.3 is 0 Å². The Labute approximate surface area is 200 Å². The summed E-state index contributed by atoms with van der Waals surface area (Å²) in [6.45, 7) is 3.90. The van der Waals surface area contributed by atoms with E-state index < -0.39 is 0 Å². The van der Waals surface area contributed by atoms with Gasteiger partial charge < -0.3 is 9.64 Å². The van der Waals surface area contributed by atoms with Crippen LogP contribution in [0.15, 0.2) is 97.3 Å². The molecule has 1 saturated heterocycles. The van der Waals surface area contributed by atoms with Gasteiger partial charge in [0.25, 0.3) is 0 Å². The molecule has 1 atom stereocenters. The van der Waals surface area contributed by atoms with Gasteiger partial charge in [-0.2, -0.15) is 0 Å². The van der Waals surface area contributed by atoms with Crippen molar-refractivity contribution < 1.29 is 9.13 Å². The van der Waals surface area contributed by atoms with Crippen molar-refractivity contribution in [2.75, 3.05) is 38.2 Å². The molecule has 4 nitrogen and oxygen atoms in total. The Balaban J connectivity index is 1.41. The van der Waals surface area contributed by atoms with Crippen molar-refractivity contribution in [2.45, 2.75) is 6.04 Å². The van der Waals surface area contributed by atoms with E-state index in [1.54, 1.807) is 13.2 Å². The lowest BCUT2D eigenvalue weighted by molar-refractivity contribution is 0.212. The second-order valence-electron chi connectivity index (χ2n) is 8.51. The molecule has 2 heterocycles. The van der Waals surface area contributed by atoms with Gasteiger partial charge in [-0.05, 0) is 53.1 Å². The number of rotatable bonds is 6. The molecule has 0 N–H and O–H groups in total. The zero-order valence-corrected chi connectivity index (χ0v) is 19.3. The molecular weight excluding hydrogens is 425 g/mol. The molecule has 1 aliphatic heterocycles. The van der Waals surface area contributed by atoms with Gasteiger partial charge in [-0.1, -0.05) is 42.5 Å². The number of halogens is 1. The van der Waals surface area contributed by atoms with E-state index in [0.717, 1.165) is 37.3 Å². The Bertz CT molecular complexity index is 1210. The molecule has 34 heavy (non-hydrogen) atoms. The largest absolute Gasteiger partial charge is 0.496 e. The molecule has 5 heteroatoms. The SMILES string of the molecule is COc1cc(F)ccc1-c1ccc([C@H](c2ccncc2)N2CCN(c3ccccc3)CC2)cc1.